The van der Waals surface area contributed by atoms with E-state index in [-0.39, 0.29) is 22.8 Å². The fourth-order valence-electron chi connectivity index (χ4n) is 2.35. The van der Waals surface area contributed by atoms with Crippen molar-refractivity contribution in [3.63, 3.8) is 0 Å². The summed E-state index contributed by atoms with van der Waals surface area (Å²) in [6.07, 6.45) is 4.65. The Hall–Kier alpha value is -3.26. The van der Waals surface area contributed by atoms with E-state index in [2.05, 4.69) is 10.3 Å². The van der Waals surface area contributed by atoms with Crippen LogP contribution in [0, 0.1) is 15.9 Å². The van der Waals surface area contributed by atoms with Crippen molar-refractivity contribution in [1.82, 2.24) is 14.9 Å². The number of nitrogens with zero attached hydrogens (tertiary/aromatic N) is 3. The van der Waals surface area contributed by atoms with E-state index >= 15 is 0 Å². The van der Waals surface area contributed by atoms with Crippen molar-refractivity contribution < 1.29 is 14.1 Å². The number of nitro groups is 1. The lowest BCUT2D eigenvalue weighted by Gasteiger charge is -2.09. The molecule has 0 spiro atoms. The van der Waals surface area contributed by atoms with Gasteiger partial charge in [0.15, 0.2) is 0 Å². The topological polar surface area (TPSA) is 90.1 Å². The minimum Gasteiger partial charge on any atom is -0.348 e. The highest BCUT2D eigenvalue weighted by atomic mass is 35.5. The first kappa shape index (κ1) is 17.6. The zero-order valence-corrected chi connectivity index (χ0v) is 14.0. The van der Waals surface area contributed by atoms with E-state index in [0.717, 1.165) is 6.07 Å². The molecule has 0 saturated carbocycles. The van der Waals surface area contributed by atoms with Crippen molar-refractivity contribution in [2.45, 2.75) is 6.54 Å². The van der Waals surface area contributed by atoms with E-state index in [1.54, 1.807) is 24.5 Å². The predicted octanol–water partition coefficient (Wildman–Crippen LogP) is 3.50. The summed E-state index contributed by atoms with van der Waals surface area (Å²) in [6, 6.07) is 8.15. The van der Waals surface area contributed by atoms with E-state index in [4.69, 9.17) is 11.6 Å². The Morgan fingerprint density at radius 3 is 2.73 bits per heavy atom. The molecule has 0 bridgehead atoms. The van der Waals surface area contributed by atoms with Crippen molar-refractivity contribution in [3.8, 4) is 5.69 Å². The van der Waals surface area contributed by atoms with Gasteiger partial charge in [-0.05, 0) is 23.8 Å². The van der Waals surface area contributed by atoms with Crippen LogP contribution in [0.3, 0.4) is 0 Å². The maximum absolute atomic E-state index is 14.2. The lowest BCUT2D eigenvalue weighted by atomic mass is 10.1. The quantitative estimate of drug-likeness (QED) is 0.546. The summed E-state index contributed by atoms with van der Waals surface area (Å²) in [4.78, 5) is 26.1. The molecule has 0 aliphatic carbocycles. The molecular weight excluding hydrogens is 363 g/mol. The molecule has 9 heteroatoms. The van der Waals surface area contributed by atoms with Gasteiger partial charge in [-0.25, -0.2) is 9.37 Å². The van der Waals surface area contributed by atoms with E-state index in [1.807, 2.05) is 0 Å². The highest BCUT2D eigenvalue weighted by Gasteiger charge is 2.15. The van der Waals surface area contributed by atoms with Crippen LogP contribution in [0.25, 0.3) is 5.69 Å². The van der Waals surface area contributed by atoms with Gasteiger partial charge in [0.2, 0.25) is 0 Å². The first-order chi connectivity index (χ1) is 12.5. The number of nitro benzene ring substituents is 1. The number of halogens is 2. The molecule has 2 aromatic carbocycles. The van der Waals surface area contributed by atoms with E-state index < -0.39 is 16.6 Å². The SMILES string of the molecule is O=C(NCc1ccc(-n2ccnc2)c(F)c1)c1ccc([N+](=O)[O-])cc1Cl. The minimum atomic E-state index is -0.599. The molecule has 1 heterocycles. The number of carbonyl (C=O) groups is 1. The standard InChI is InChI=1S/C17H12ClFN4O3/c18-14-8-12(23(25)26)2-3-13(14)17(24)21-9-11-1-4-16(15(19)7-11)22-6-5-20-10-22/h1-8,10H,9H2,(H,21,24). The Morgan fingerprint density at radius 2 is 2.12 bits per heavy atom. The third kappa shape index (κ3) is 3.70. The molecule has 0 aliphatic heterocycles. The highest BCUT2D eigenvalue weighted by Crippen LogP contribution is 2.22. The number of aromatic nitrogens is 2. The first-order valence-electron chi connectivity index (χ1n) is 7.44. The molecule has 1 aromatic heterocycles. The molecule has 26 heavy (non-hydrogen) atoms. The molecule has 0 radical (unpaired) electrons. The Morgan fingerprint density at radius 1 is 1.31 bits per heavy atom. The van der Waals surface area contributed by atoms with Crippen LogP contribution >= 0.6 is 11.6 Å². The van der Waals surface area contributed by atoms with Gasteiger partial charge >= 0.3 is 0 Å². The largest absolute Gasteiger partial charge is 0.348 e. The molecule has 0 unspecified atom stereocenters. The van der Waals surface area contributed by atoms with Crippen LogP contribution in [-0.2, 0) is 6.54 Å². The van der Waals surface area contributed by atoms with Crippen molar-refractivity contribution in [1.29, 1.82) is 0 Å². The molecule has 7 nitrogen and oxygen atoms in total. The van der Waals surface area contributed by atoms with Crippen LogP contribution in [0.5, 0.6) is 0 Å². The third-order valence-electron chi connectivity index (χ3n) is 3.66. The summed E-state index contributed by atoms with van der Waals surface area (Å²) in [5.41, 5.74) is 0.797. The summed E-state index contributed by atoms with van der Waals surface area (Å²) in [5.74, 6) is -0.966. The average molecular weight is 375 g/mol. The zero-order chi connectivity index (χ0) is 18.7. The van der Waals surface area contributed by atoms with Gasteiger partial charge < -0.3 is 9.88 Å². The Labute approximate surface area is 152 Å². The lowest BCUT2D eigenvalue weighted by Crippen LogP contribution is -2.23. The van der Waals surface area contributed by atoms with Gasteiger partial charge in [-0.3, -0.25) is 14.9 Å². The minimum absolute atomic E-state index is 0.0293. The van der Waals surface area contributed by atoms with Gasteiger partial charge in [0.1, 0.15) is 5.82 Å². The van der Waals surface area contributed by atoms with E-state index in [0.29, 0.717) is 11.3 Å². The van der Waals surface area contributed by atoms with Crippen molar-refractivity contribution in [3.05, 3.63) is 87.2 Å². The van der Waals surface area contributed by atoms with Gasteiger partial charge in [0.05, 0.1) is 27.5 Å². The number of hydrogen-bond donors (Lipinski definition) is 1. The number of carbonyl (C=O) groups excluding carboxylic acids is 1. The van der Waals surface area contributed by atoms with Gasteiger partial charge in [0.25, 0.3) is 11.6 Å². The monoisotopic (exact) mass is 374 g/mol. The van der Waals surface area contributed by atoms with Gasteiger partial charge in [-0.2, -0.15) is 0 Å². The fourth-order valence-corrected chi connectivity index (χ4v) is 2.61. The van der Waals surface area contributed by atoms with Gasteiger partial charge in [-0.15, -0.1) is 0 Å². The molecule has 1 amide bonds. The smallest absolute Gasteiger partial charge is 0.270 e. The van der Waals surface area contributed by atoms with Crippen LogP contribution in [0.2, 0.25) is 5.02 Å². The maximum atomic E-state index is 14.2. The molecule has 0 aliphatic rings. The fraction of sp³-hybridized carbons (Fsp3) is 0.0588. The summed E-state index contributed by atoms with van der Waals surface area (Å²) in [6.45, 7) is 0.0767. The zero-order valence-electron chi connectivity index (χ0n) is 13.2. The second kappa shape index (κ2) is 7.32. The van der Waals surface area contributed by atoms with Gasteiger partial charge in [0, 0.05) is 31.1 Å². The van der Waals surface area contributed by atoms with Crippen LogP contribution in [0.15, 0.2) is 55.1 Å². The molecule has 3 rings (SSSR count). The molecule has 3 aromatic rings. The van der Waals surface area contributed by atoms with Crippen LogP contribution in [0.4, 0.5) is 10.1 Å². The van der Waals surface area contributed by atoms with Crippen LogP contribution < -0.4 is 5.32 Å². The van der Waals surface area contributed by atoms with Crippen molar-refractivity contribution >= 4 is 23.2 Å². The maximum Gasteiger partial charge on any atom is 0.270 e. The van der Waals surface area contributed by atoms with Crippen LogP contribution in [0.1, 0.15) is 15.9 Å². The number of benzene rings is 2. The molecule has 1 N–H and O–H groups in total. The molecule has 132 valence electrons. The number of rotatable bonds is 5. The van der Waals surface area contributed by atoms with Crippen LogP contribution in [-0.4, -0.2) is 20.4 Å². The van der Waals surface area contributed by atoms with Crippen molar-refractivity contribution in [2.75, 3.05) is 0 Å². The van der Waals surface area contributed by atoms with E-state index in [1.165, 1.54) is 29.1 Å². The highest BCUT2D eigenvalue weighted by molar-refractivity contribution is 6.34. The molecule has 0 atom stereocenters. The lowest BCUT2D eigenvalue weighted by molar-refractivity contribution is -0.384. The molecule has 0 fully saturated rings. The first-order valence-corrected chi connectivity index (χ1v) is 7.82. The Balaban J connectivity index is 1.70. The molecule has 0 saturated heterocycles. The summed E-state index contributed by atoms with van der Waals surface area (Å²) < 4.78 is 15.7. The number of hydrogen-bond acceptors (Lipinski definition) is 4. The predicted molar refractivity (Wildman–Crippen MR) is 92.8 cm³/mol. The number of amides is 1. The molecular formula is C17H12ClFN4O3. The summed E-state index contributed by atoms with van der Waals surface area (Å²) in [5, 5.41) is 13.3. The number of nitrogens with one attached hydrogen (secondary N) is 1. The normalized spacial score (nSPS) is 10.5. The Kier molecular flexibility index (Phi) is 4.94. The average Bonchev–Trinajstić information content (AvgIpc) is 3.14. The number of non-ortho nitro benzene ring substituents is 1. The second-order valence-corrected chi connectivity index (χ2v) is 5.77. The number of imidazole rings is 1. The van der Waals surface area contributed by atoms with E-state index in [9.17, 15) is 19.3 Å². The summed E-state index contributed by atoms with van der Waals surface area (Å²) >= 11 is 5.92. The Bertz CT molecular complexity index is 976. The third-order valence-corrected chi connectivity index (χ3v) is 3.97. The van der Waals surface area contributed by atoms with Gasteiger partial charge in [-0.1, -0.05) is 17.7 Å². The second-order valence-electron chi connectivity index (χ2n) is 5.36. The van der Waals surface area contributed by atoms with Crippen molar-refractivity contribution in [2.24, 2.45) is 0 Å². The summed E-state index contributed by atoms with van der Waals surface area (Å²) in [7, 11) is 0.